The molecule has 0 bridgehead atoms. The Balaban J connectivity index is 1.69. The van der Waals surface area contributed by atoms with Crippen LogP contribution in [-0.2, 0) is 21.1 Å². The van der Waals surface area contributed by atoms with E-state index in [0.717, 1.165) is 39.6 Å². The molecule has 5 rings (SSSR count). The van der Waals surface area contributed by atoms with Gasteiger partial charge in [-0.25, -0.2) is 0 Å². The summed E-state index contributed by atoms with van der Waals surface area (Å²) in [4.78, 5) is 0. The second-order valence-corrected chi connectivity index (χ2v) is 8.40. The number of ether oxygens (including phenoxy) is 1. The molecule has 4 heteroatoms. The second kappa shape index (κ2) is 8.47. The van der Waals surface area contributed by atoms with Crippen LogP contribution in [0, 0.1) is 6.92 Å². The van der Waals surface area contributed by atoms with Crippen molar-refractivity contribution in [3.05, 3.63) is 103 Å². The topological polar surface area (TPSA) is 20.9 Å². The summed E-state index contributed by atoms with van der Waals surface area (Å²) < 4.78 is 13.0. The lowest BCUT2D eigenvalue weighted by Gasteiger charge is -2.11. The first-order valence-corrected chi connectivity index (χ1v) is 11.1. The normalized spacial score (nSPS) is 11.0. The van der Waals surface area contributed by atoms with Crippen molar-refractivity contribution in [1.82, 2.24) is 0 Å². The van der Waals surface area contributed by atoms with Crippen molar-refractivity contribution < 1.29 is 18.4 Å². The van der Waals surface area contributed by atoms with Crippen molar-refractivity contribution >= 4 is 10.8 Å². The van der Waals surface area contributed by atoms with E-state index in [9.17, 15) is 0 Å². The van der Waals surface area contributed by atoms with Crippen LogP contribution in [0.25, 0.3) is 33.4 Å². The fourth-order valence-corrected chi connectivity index (χ4v) is 4.41. The average molecular weight is 435 g/mol. The van der Waals surface area contributed by atoms with Crippen LogP contribution in [0.3, 0.4) is 0 Å². The lowest BCUT2D eigenvalue weighted by atomic mass is 10.0. The molecule has 33 heavy (non-hydrogen) atoms. The van der Waals surface area contributed by atoms with Crippen LogP contribution in [0.5, 0.6) is 11.8 Å². The molecule has 0 spiro atoms. The number of aromatic nitrogens is 3. The molecule has 0 radical (unpaired) electrons. The Bertz CT molecular complexity index is 1490. The summed E-state index contributed by atoms with van der Waals surface area (Å²) in [6.07, 6.45) is 2.06. The van der Waals surface area contributed by atoms with E-state index < -0.39 is 0 Å². The van der Waals surface area contributed by atoms with Crippen LogP contribution >= 0.6 is 0 Å². The van der Waals surface area contributed by atoms with E-state index in [1.165, 1.54) is 11.1 Å². The minimum absolute atomic E-state index is 0.777. The predicted molar refractivity (Wildman–Crippen MR) is 130 cm³/mol. The van der Waals surface area contributed by atoms with E-state index in [4.69, 9.17) is 4.74 Å². The fourth-order valence-electron chi connectivity index (χ4n) is 4.41. The molecule has 3 heterocycles. The number of hydrogen-bond donors (Lipinski definition) is 0. The number of fused-ring (bicyclic) bond motifs is 1. The highest BCUT2D eigenvalue weighted by atomic mass is 16.5. The summed E-state index contributed by atoms with van der Waals surface area (Å²) >= 11 is 0. The lowest BCUT2D eigenvalue weighted by Crippen LogP contribution is -2.40. The molecule has 2 aromatic carbocycles. The smallest absolute Gasteiger partial charge is 0.348 e. The van der Waals surface area contributed by atoms with Gasteiger partial charge in [0, 0.05) is 29.8 Å². The Morgan fingerprint density at radius 2 is 1.36 bits per heavy atom. The van der Waals surface area contributed by atoms with Crippen LogP contribution in [0.4, 0.5) is 0 Å². The van der Waals surface area contributed by atoms with E-state index in [2.05, 4.69) is 114 Å². The molecule has 0 saturated carbocycles. The van der Waals surface area contributed by atoms with Crippen molar-refractivity contribution in [3.63, 3.8) is 0 Å². The minimum atomic E-state index is 0.777. The number of pyridine rings is 3. The molecule has 0 aliphatic heterocycles. The quantitative estimate of drug-likeness (QED) is 0.374. The first-order chi connectivity index (χ1) is 16.0. The van der Waals surface area contributed by atoms with Gasteiger partial charge in [0.25, 0.3) is 11.4 Å². The summed E-state index contributed by atoms with van der Waals surface area (Å²) in [5.41, 5.74) is 5.75. The van der Waals surface area contributed by atoms with E-state index in [-0.39, 0.29) is 0 Å². The SMILES string of the molecule is Cc1ccccc1-c1cc2ccccc2c(Oc2cccc(-c3cccc[n+]3C)[n+]2C)[n+]1C. The van der Waals surface area contributed by atoms with Gasteiger partial charge in [-0.1, -0.05) is 36.4 Å². The molecule has 5 aromatic rings. The largest absolute Gasteiger partial charge is 0.385 e. The molecule has 0 N–H and O–H groups in total. The Hall–Kier alpha value is -4.05. The van der Waals surface area contributed by atoms with Crippen LogP contribution < -0.4 is 18.4 Å². The average Bonchev–Trinajstić information content (AvgIpc) is 2.83. The Labute approximate surface area is 194 Å². The van der Waals surface area contributed by atoms with Crippen molar-refractivity contribution in [1.29, 1.82) is 0 Å². The Morgan fingerprint density at radius 3 is 2.18 bits per heavy atom. The molecule has 0 atom stereocenters. The zero-order chi connectivity index (χ0) is 22.9. The Kier molecular flexibility index (Phi) is 5.35. The summed E-state index contributed by atoms with van der Waals surface area (Å²) in [6, 6.07) is 31.5. The highest BCUT2D eigenvalue weighted by Crippen LogP contribution is 2.31. The van der Waals surface area contributed by atoms with Crippen LogP contribution in [0.1, 0.15) is 5.56 Å². The van der Waals surface area contributed by atoms with E-state index in [0.29, 0.717) is 0 Å². The van der Waals surface area contributed by atoms with Gasteiger partial charge in [-0.3, -0.25) is 0 Å². The number of benzene rings is 2. The highest BCUT2D eigenvalue weighted by Gasteiger charge is 2.27. The van der Waals surface area contributed by atoms with E-state index in [1.54, 1.807) is 0 Å². The molecule has 0 fully saturated rings. The van der Waals surface area contributed by atoms with Crippen molar-refractivity contribution in [2.75, 3.05) is 0 Å². The van der Waals surface area contributed by atoms with Crippen LogP contribution in [0.2, 0.25) is 0 Å². The van der Waals surface area contributed by atoms with Gasteiger partial charge in [0.15, 0.2) is 6.20 Å². The zero-order valence-corrected chi connectivity index (χ0v) is 19.5. The van der Waals surface area contributed by atoms with Gasteiger partial charge in [-0.2, -0.15) is 13.7 Å². The number of rotatable bonds is 4. The molecule has 0 amide bonds. The zero-order valence-electron chi connectivity index (χ0n) is 19.5. The van der Waals surface area contributed by atoms with Crippen LogP contribution in [0.15, 0.2) is 97.2 Å². The summed E-state index contributed by atoms with van der Waals surface area (Å²) in [7, 11) is 6.18. The second-order valence-electron chi connectivity index (χ2n) is 8.40. The fraction of sp³-hybridized carbons (Fsp3) is 0.138. The minimum Gasteiger partial charge on any atom is -0.348 e. The summed E-state index contributed by atoms with van der Waals surface area (Å²) in [5, 5.41) is 2.23. The lowest BCUT2D eigenvalue weighted by molar-refractivity contribution is -0.698. The predicted octanol–water partition coefficient (Wildman–Crippen LogP) is 4.75. The van der Waals surface area contributed by atoms with Crippen molar-refractivity contribution in [2.24, 2.45) is 21.1 Å². The van der Waals surface area contributed by atoms with Gasteiger partial charge < -0.3 is 4.74 Å². The van der Waals surface area contributed by atoms with E-state index >= 15 is 0 Å². The van der Waals surface area contributed by atoms with Gasteiger partial charge in [-0.15, -0.1) is 0 Å². The maximum Gasteiger partial charge on any atom is 0.385 e. The van der Waals surface area contributed by atoms with Crippen LogP contribution in [-0.4, -0.2) is 0 Å². The van der Waals surface area contributed by atoms with Gasteiger partial charge in [0.05, 0.1) is 11.5 Å². The monoisotopic (exact) mass is 434 g/mol. The molecular weight excluding hydrogens is 406 g/mol. The molecule has 162 valence electrons. The molecule has 0 aliphatic carbocycles. The van der Waals surface area contributed by atoms with Gasteiger partial charge in [0.2, 0.25) is 5.69 Å². The standard InChI is InChI=1S/C29H28N3O/c1-21-12-5-7-14-23(21)27-20-22-13-6-8-15-24(22)29(32(27)4)33-28-18-11-17-26(31(28)3)25-16-9-10-19-30(25)2/h5-20H,1-4H3/q+3. The van der Waals surface area contributed by atoms with Gasteiger partial charge in [0.1, 0.15) is 21.1 Å². The number of nitrogens with zero attached hydrogens (tertiary/aromatic N) is 3. The maximum atomic E-state index is 6.67. The third-order valence-electron chi connectivity index (χ3n) is 6.27. The summed E-state index contributed by atoms with van der Waals surface area (Å²) in [6.45, 7) is 2.15. The molecule has 0 saturated heterocycles. The highest BCUT2D eigenvalue weighted by molar-refractivity contribution is 5.88. The first-order valence-electron chi connectivity index (χ1n) is 11.1. The molecule has 0 unspecified atom stereocenters. The molecule has 0 aliphatic rings. The van der Waals surface area contributed by atoms with Crippen molar-refractivity contribution in [2.45, 2.75) is 6.92 Å². The number of aryl methyl sites for hydroxylation is 2. The molecular formula is C29H28N3O+3. The van der Waals surface area contributed by atoms with Crippen molar-refractivity contribution in [3.8, 4) is 34.4 Å². The molecule has 4 nitrogen and oxygen atoms in total. The maximum absolute atomic E-state index is 6.67. The van der Waals surface area contributed by atoms with Gasteiger partial charge >= 0.3 is 11.8 Å². The Morgan fingerprint density at radius 1 is 0.636 bits per heavy atom. The third-order valence-corrected chi connectivity index (χ3v) is 6.27. The molecule has 3 aromatic heterocycles. The van der Waals surface area contributed by atoms with E-state index in [1.807, 2.05) is 25.2 Å². The van der Waals surface area contributed by atoms with Gasteiger partial charge in [-0.05, 0) is 42.1 Å². The third kappa shape index (κ3) is 3.74. The summed E-state index contributed by atoms with van der Waals surface area (Å²) in [5.74, 6) is 1.59. The first kappa shape index (κ1) is 20.8. The number of hydrogen-bond acceptors (Lipinski definition) is 1.